The predicted octanol–water partition coefficient (Wildman–Crippen LogP) is 4.65. The van der Waals surface area contributed by atoms with E-state index >= 15 is 0 Å². The summed E-state index contributed by atoms with van der Waals surface area (Å²) in [6.07, 6.45) is 2.63. The van der Waals surface area contributed by atoms with Gasteiger partial charge in [-0.05, 0) is 36.4 Å². The summed E-state index contributed by atoms with van der Waals surface area (Å²) >= 11 is 3.42. The van der Waals surface area contributed by atoms with Gasteiger partial charge in [0.05, 0.1) is 5.69 Å². The molecule has 0 radical (unpaired) electrons. The minimum Gasteiger partial charge on any atom is -0.361 e. The molecule has 128 valence electrons. The maximum atomic E-state index is 11.8. The summed E-state index contributed by atoms with van der Waals surface area (Å²) in [4.78, 5) is 19.7. The van der Waals surface area contributed by atoms with E-state index in [9.17, 15) is 4.79 Å². The molecule has 1 saturated heterocycles. The number of carbonyl (C=O) groups excluding carboxylic acids is 1. The van der Waals surface area contributed by atoms with Gasteiger partial charge in [-0.3, -0.25) is 4.79 Å². The third-order valence-corrected chi connectivity index (χ3v) is 6.02. The second-order valence-electron chi connectivity index (χ2n) is 5.99. The summed E-state index contributed by atoms with van der Waals surface area (Å²) in [7, 11) is 0. The molecule has 0 spiro atoms. The number of rotatable bonds is 6. The van der Waals surface area contributed by atoms with Gasteiger partial charge >= 0.3 is 0 Å². The van der Waals surface area contributed by atoms with Gasteiger partial charge in [0.1, 0.15) is 0 Å². The Morgan fingerprint density at radius 2 is 2.04 bits per heavy atom. The highest BCUT2D eigenvalue weighted by atomic mass is 32.1. The van der Waals surface area contributed by atoms with Gasteiger partial charge in [-0.25, -0.2) is 4.98 Å². The van der Waals surface area contributed by atoms with Crippen molar-refractivity contribution < 1.29 is 4.79 Å². The normalized spacial score (nSPS) is 14.2. The van der Waals surface area contributed by atoms with Crippen LogP contribution in [0.2, 0.25) is 0 Å². The smallest absolute Gasteiger partial charge is 0.227 e. The van der Waals surface area contributed by atoms with Gasteiger partial charge in [0, 0.05) is 41.0 Å². The van der Waals surface area contributed by atoms with Crippen LogP contribution in [-0.4, -0.2) is 24.0 Å². The van der Waals surface area contributed by atoms with Gasteiger partial charge in [-0.2, -0.15) is 0 Å². The molecule has 0 saturated carbocycles. The van der Waals surface area contributed by atoms with Gasteiger partial charge in [-0.15, -0.1) is 22.7 Å². The van der Waals surface area contributed by atoms with Crippen molar-refractivity contribution in [2.75, 3.05) is 23.3 Å². The molecule has 0 atom stereocenters. The number of nitrogens with one attached hydrogen (secondary N) is 1. The molecule has 1 aromatic carbocycles. The highest BCUT2D eigenvalue weighted by Crippen LogP contribution is 2.28. The van der Waals surface area contributed by atoms with Crippen molar-refractivity contribution in [3.63, 3.8) is 0 Å². The lowest BCUT2D eigenvalue weighted by atomic mass is 10.1. The fraction of sp³-hybridized carbons (Fsp3) is 0.263. The van der Waals surface area contributed by atoms with Crippen LogP contribution in [0.5, 0.6) is 0 Å². The number of thiophene rings is 1. The quantitative estimate of drug-likeness (QED) is 0.688. The summed E-state index contributed by atoms with van der Waals surface area (Å²) in [5.74, 6) is 0.221. The van der Waals surface area contributed by atoms with E-state index in [4.69, 9.17) is 0 Å². The van der Waals surface area contributed by atoms with Gasteiger partial charge in [0.15, 0.2) is 5.13 Å². The van der Waals surface area contributed by atoms with E-state index in [0.29, 0.717) is 6.42 Å². The largest absolute Gasteiger partial charge is 0.361 e. The summed E-state index contributed by atoms with van der Waals surface area (Å²) < 4.78 is 0. The molecule has 0 aliphatic carbocycles. The van der Waals surface area contributed by atoms with Crippen molar-refractivity contribution in [3.05, 3.63) is 52.0 Å². The molecule has 1 fully saturated rings. The third kappa shape index (κ3) is 3.75. The Bertz CT molecular complexity index is 840. The number of thiazole rings is 1. The zero-order chi connectivity index (χ0) is 17.1. The monoisotopic (exact) mass is 369 g/mol. The minimum absolute atomic E-state index is 0.221. The van der Waals surface area contributed by atoms with Gasteiger partial charge in [0.25, 0.3) is 0 Å². The molecule has 4 rings (SSSR count). The lowest BCUT2D eigenvalue weighted by molar-refractivity contribution is -0.117. The molecule has 3 aromatic rings. The summed E-state index contributed by atoms with van der Waals surface area (Å²) in [6.45, 7) is 1.72. The molecule has 25 heavy (non-hydrogen) atoms. The molecule has 1 aliphatic rings. The number of anilines is 2. The first-order valence-electron chi connectivity index (χ1n) is 8.42. The number of hydrogen-bond acceptors (Lipinski definition) is 5. The van der Waals surface area contributed by atoms with E-state index in [1.807, 2.05) is 29.2 Å². The number of hydrogen-bond donors (Lipinski definition) is 1. The SMILES string of the molecule is O=C1CCCN1c1ccc(-c2csc(NCCc3cccs3)n2)cc1. The molecule has 1 N–H and O–H groups in total. The topological polar surface area (TPSA) is 45.2 Å². The molecule has 3 heterocycles. The maximum absolute atomic E-state index is 11.8. The zero-order valence-electron chi connectivity index (χ0n) is 13.8. The third-order valence-electron chi connectivity index (χ3n) is 4.28. The van der Waals surface area contributed by atoms with Crippen molar-refractivity contribution in [1.29, 1.82) is 0 Å². The number of carbonyl (C=O) groups is 1. The van der Waals surface area contributed by atoms with Gasteiger partial charge in [0.2, 0.25) is 5.91 Å². The van der Waals surface area contributed by atoms with E-state index in [-0.39, 0.29) is 5.91 Å². The lowest BCUT2D eigenvalue weighted by Crippen LogP contribution is -2.23. The molecule has 4 nitrogen and oxygen atoms in total. The molecule has 1 amide bonds. The first kappa shape index (κ1) is 16.3. The predicted molar refractivity (Wildman–Crippen MR) is 106 cm³/mol. The van der Waals surface area contributed by atoms with Crippen LogP contribution in [0.1, 0.15) is 17.7 Å². The van der Waals surface area contributed by atoms with Crippen LogP contribution in [0.25, 0.3) is 11.3 Å². The van der Waals surface area contributed by atoms with Crippen LogP contribution in [0.4, 0.5) is 10.8 Å². The van der Waals surface area contributed by atoms with E-state index in [0.717, 1.165) is 48.0 Å². The van der Waals surface area contributed by atoms with Gasteiger partial charge in [-0.1, -0.05) is 18.2 Å². The summed E-state index contributed by atoms with van der Waals surface area (Å²) in [6, 6.07) is 12.4. The standard InChI is InChI=1S/C19H19N3OS2/c23-18-4-1-11-22(18)15-7-5-14(6-8-15)17-13-25-19(21-17)20-10-9-16-3-2-12-24-16/h2-3,5-8,12-13H,1,4,9-11H2,(H,20,21). The number of amides is 1. The maximum Gasteiger partial charge on any atom is 0.227 e. The lowest BCUT2D eigenvalue weighted by Gasteiger charge is -2.15. The Morgan fingerprint density at radius 1 is 1.16 bits per heavy atom. The van der Waals surface area contributed by atoms with Crippen molar-refractivity contribution in [2.45, 2.75) is 19.3 Å². The van der Waals surface area contributed by atoms with Crippen LogP contribution < -0.4 is 10.2 Å². The first-order valence-corrected chi connectivity index (χ1v) is 10.2. The van der Waals surface area contributed by atoms with Crippen molar-refractivity contribution in [1.82, 2.24) is 4.98 Å². The van der Waals surface area contributed by atoms with Crippen LogP contribution >= 0.6 is 22.7 Å². The molecule has 6 heteroatoms. The molecule has 0 bridgehead atoms. The second-order valence-corrected chi connectivity index (χ2v) is 7.88. The Morgan fingerprint density at radius 3 is 2.76 bits per heavy atom. The number of nitrogens with zero attached hydrogens (tertiary/aromatic N) is 2. The minimum atomic E-state index is 0.221. The van der Waals surface area contributed by atoms with Crippen LogP contribution in [0.3, 0.4) is 0 Å². The average molecular weight is 370 g/mol. The summed E-state index contributed by atoms with van der Waals surface area (Å²) in [5.41, 5.74) is 3.04. The fourth-order valence-electron chi connectivity index (χ4n) is 2.97. The zero-order valence-corrected chi connectivity index (χ0v) is 15.4. The number of benzene rings is 1. The van der Waals surface area contributed by atoms with E-state index in [1.165, 1.54) is 4.88 Å². The second kappa shape index (κ2) is 7.37. The summed E-state index contributed by atoms with van der Waals surface area (Å²) in [5, 5.41) is 8.53. The van der Waals surface area contributed by atoms with E-state index in [1.54, 1.807) is 22.7 Å². The molecular formula is C19H19N3OS2. The van der Waals surface area contributed by atoms with Crippen LogP contribution in [0, 0.1) is 0 Å². The van der Waals surface area contributed by atoms with Gasteiger partial charge < -0.3 is 10.2 Å². The average Bonchev–Trinajstić information content (AvgIpc) is 3.37. The van der Waals surface area contributed by atoms with Crippen LogP contribution in [0.15, 0.2) is 47.2 Å². The van der Waals surface area contributed by atoms with Crippen molar-refractivity contribution in [2.24, 2.45) is 0 Å². The molecule has 2 aromatic heterocycles. The van der Waals surface area contributed by atoms with E-state index in [2.05, 4.69) is 33.2 Å². The molecular weight excluding hydrogens is 350 g/mol. The van der Waals surface area contributed by atoms with Crippen LogP contribution in [-0.2, 0) is 11.2 Å². The fourth-order valence-corrected chi connectivity index (χ4v) is 4.43. The Kier molecular flexibility index (Phi) is 4.81. The highest BCUT2D eigenvalue weighted by Gasteiger charge is 2.21. The van der Waals surface area contributed by atoms with Crippen molar-refractivity contribution in [3.8, 4) is 11.3 Å². The highest BCUT2D eigenvalue weighted by molar-refractivity contribution is 7.14. The molecule has 1 aliphatic heterocycles. The van der Waals surface area contributed by atoms with E-state index < -0.39 is 0 Å². The first-order chi connectivity index (χ1) is 12.3. The Hall–Kier alpha value is -2.18. The van der Waals surface area contributed by atoms with Crippen molar-refractivity contribution >= 4 is 39.4 Å². The Labute approximate surface area is 155 Å². The Balaban J connectivity index is 1.38. The number of aromatic nitrogens is 1. The molecule has 0 unspecified atom stereocenters.